The number of aromatic nitrogens is 4. The van der Waals surface area contributed by atoms with Crippen molar-refractivity contribution in [1.29, 1.82) is 0 Å². The Hall–Kier alpha value is -2.98. The molecule has 2 aromatic rings. The Morgan fingerprint density at radius 1 is 1.40 bits per heavy atom. The van der Waals surface area contributed by atoms with E-state index in [0.717, 1.165) is 10.4 Å². The van der Waals surface area contributed by atoms with Crippen LogP contribution >= 0.6 is 0 Å². The second-order valence-corrected chi connectivity index (χ2v) is 4.05. The molecule has 1 aliphatic rings. The summed E-state index contributed by atoms with van der Waals surface area (Å²) in [5, 5.41) is 7.60. The minimum atomic E-state index is -0.443. The van der Waals surface area contributed by atoms with Gasteiger partial charge in [0.25, 0.3) is 0 Å². The zero-order valence-corrected chi connectivity index (χ0v) is 10.4. The van der Waals surface area contributed by atoms with Crippen LogP contribution in [0.4, 0.5) is 0 Å². The highest BCUT2D eigenvalue weighted by atomic mass is 16.7. The molecule has 0 spiro atoms. The van der Waals surface area contributed by atoms with E-state index in [1.807, 2.05) is 18.2 Å². The fourth-order valence-electron chi connectivity index (χ4n) is 1.71. The molecule has 0 atom stereocenters. The van der Waals surface area contributed by atoms with Crippen LogP contribution in [-0.2, 0) is 4.79 Å². The van der Waals surface area contributed by atoms with Gasteiger partial charge in [-0.25, -0.2) is 9.78 Å². The largest absolute Gasteiger partial charge is 0.339 e. The summed E-state index contributed by atoms with van der Waals surface area (Å²) in [4.78, 5) is 22.1. The zero-order valence-electron chi connectivity index (χ0n) is 10.4. The van der Waals surface area contributed by atoms with Gasteiger partial charge in [0, 0.05) is 6.20 Å². The highest BCUT2D eigenvalue weighted by molar-refractivity contribution is 5.75. The molecule has 0 unspecified atom stereocenters. The molecule has 0 N–H and O–H groups in total. The van der Waals surface area contributed by atoms with E-state index in [9.17, 15) is 4.79 Å². The van der Waals surface area contributed by atoms with Gasteiger partial charge in [0.05, 0.1) is 6.42 Å². The van der Waals surface area contributed by atoms with Crippen molar-refractivity contribution in [3.63, 3.8) is 0 Å². The van der Waals surface area contributed by atoms with Crippen molar-refractivity contribution in [1.82, 2.24) is 20.1 Å². The first kappa shape index (κ1) is 12.1. The predicted octanol–water partition coefficient (Wildman–Crippen LogP) is 1.38. The van der Waals surface area contributed by atoms with Crippen molar-refractivity contribution >= 4 is 17.1 Å². The van der Waals surface area contributed by atoms with E-state index < -0.39 is 5.97 Å². The molecule has 2 heterocycles. The second-order valence-electron chi connectivity index (χ2n) is 4.05. The van der Waals surface area contributed by atoms with Crippen LogP contribution in [-0.4, -0.2) is 26.1 Å². The van der Waals surface area contributed by atoms with Gasteiger partial charge >= 0.3 is 5.97 Å². The maximum Gasteiger partial charge on any atom is 0.339 e. The van der Waals surface area contributed by atoms with Crippen molar-refractivity contribution in [3.8, 4) is 0 Å². The van der Waals surface area contributed by atoms with Gasteiger partial charge in [-0.1, -0.05) is 18.2 Å². The zero-order chi connectivity index (χ0) is 13.8. The van der Waals surface area contributed by atoms with E-state index in [-0.39, 0.29) is 6.42 Å². The molecule has 0 fully saturated rings. The van der Waals surface area contributed by atoms with Crippen molar-refractivity contribution in [2.45, 2.75) is 6.42 Å². The summed E-state index contributed by atoms with van der Waals surface area (Å²) < 4.78 is 0. The van der Waals surface area contributed by atoms with Gasteiger partial charge in [0.1, 0.15) is 5.52 Å². The molecule has 2 aromatic heterocycles. The van der Waals surface area contributed by atoms with Crippen LogP contribution in [0.15, 0.2) is 60.0 Å². The molecule has 98 valence electrons. The van der Waals surface area contributed by atoms with Crippen LogP contribution in [0, 0.1) is 0 Å². The fourth-order valence-corrected chi connectivity index (χ4v) is 1.71. The van der Waals surface area contributed by atoms with Crippen molar-refractivity contribution in [3.05, 3.63) is 60.0 Å². The van der Waals surface area contributed by atoms with Crippen LogP contribution in [0.3, 0.4) is 0 Å². The number of rotatable bonds is 3. The van der Waals surface area contributed by atoms with Crippen LogP contribution in [0.5, 0.6) is 0 Å². The van der Waals surface area contributed by atoms with E-state index >= 15 is 0 Å². The molecule has 0 aromatic carbocycles. The van der Waals surface area contributed by atoms with E-state index in [0.29, 0.717) is 11.2 Å². The number of allylic oxidation sites excluding steroid dienone is 4. The van der Waals surface area contributed by atoms with E-state index in [2.05, 4.69) is 21.0 Å². The topological polar surface area (TPSA) is 69.9 Å². The molecule has 0 saturated heterocycles. The summed E-state index contributed by atoms with van der Waals surface area (Å²) in [5.41, 5.74) is 4.71. The van der Waals surface area contributed by atoms with Crippen molar-refractivity contribution < 1.29 is 9.63 Å². The first-order valence-corrected chi connectivity index (χ1v) is 5.99. The molecule has 6 heteroatoms. The summed E-state index contributed by atoms with van der Waals surface area (Å²) >= 11 is 0. The molecule has 6 nitrogen and oxygen atoms in total. The number of carbonyl (C=O) groups excluding carboxylic acids is 1. The smallest absolute Gasteiger partial charge is 0.315 e. The van der Waals surface area contributed by atoms with Gasteiger partial charge < -0.3 is 4.84 Å². The summed E-state index contributed by atoms with van der Waals surface area (Å²) in [5.74, 6) is -0.443. The van der Waals surface area contributed by atoms with E-state index in [4.69, 9.17) is 4.84 Å². The minimum absolute atomic E-state index is 0.124. The maximum atomic E-state index is 11.9. The lowest BCUT2D eigenvalue weighted by molar-refractivity contribution is -0.144. The Bertz CT molecular complexity index is 779. The normalized spacial score (nSPS) is 13.3. The number of carbonyl (C=O) groups is 1. The van der Waals surface area contributed by atoms with Gasteiger partial charge in [-0.15, -0.1) is 10.8 Å². The van der Waals surface area contributed by atoms with E-state index in [1.54, 1.807) is 30.5 Å². The van der Waals surface area contributed by atoms with Gasteiger partial charge in [-0.05, 0) is 39.9 Å². The molecule has 0 radical (unpaired) electrons. The third-order valence-corrected chi connectivity index (χ3v) is 2.60. The summed E-state index contributed by atoms with van der Waals surface area (Å²) in [6, 6.07) is 3.48. The number of nitrogens with zero attached hydrogens (tertiary/aromatic N) is 4. The molecule has 0 saturated carbocycles. The third kappa shape index (κ3) is 2.55. The van der Waals surface area contributed by atoms with Crippen LogP contribution < -0.4 is 4.84 Å². The number of hydrogen-bond acceptors (Lipinski definition) is 5. The third-order valence-electron chi connectivity index (χ3n) is 2.60. The Labute approximate surface area is 114 Å². The molecular weight excluding hydrogens is 256 g/mol. The number of hydrogen-bond donors (Lipinski definition) is 0. The van der Waals surface area contributed by atoms with Crippen LogP contribution in [0.25, 0.3) is 11.2 Å². The molecular formula is C14H10N4O2. The lowest BCUT2D eigenvalue weighted by atomic mass is 10.2. The van der Waals surface area contributed by atoms with Crippen LogP contribution in [0.2, 0.25) is 0 Å². The number of fused-ring (bicyclic) bond motifs is 1. The average molecular weight is 266 g/mol. The summed E-state index contributed by atoms with van der Waals surface area (Å²) in [7, 11) is 0. The second kappa shape index (κ2) is 5.34. The van der Waals surface area contributed by atoms with Gasteiger partial charge in [0.15, 0.2) is 0 Å². The standard InChI is InChI=1S/C14H10N4O2/c19-13(10-11-6-3-1-2-4-7-11)20-18-14-12(16-17-18)8-5-9-15-14/h1-3,5-9H,10H2. The molecule has 0 amide bonds. The van der Waals surface area contributed by atoms with Crippen molar-refractivity contribution in [2.75, 3.05) is 0 Å². The number of pyridine rings is 1. The highest BCUT2D eigenvalue weighted by Crippen LogP contribution is 2.08. The molecule has 1 aliphatic carbocycles. The Kier molecular flexibility index (Phi) is 3.22. The van der Waals surface area contributed by atoms with Gasteiger partial charge in [0.2, 0.25) is 5.65 Å². The molecule has 0 bridgehead atoms. The maximum absolute atomic E-state index is 11.9. The first-order valence-electron chi connectivity index (χ1n) is 5.99. The molecule has 3 rings (SSSR count). The lowest BCUT2D eigenvalue weighted by Crippen LogP contribution is -2.21. The Balaban J connectivity index is 1.75. The quantitative estimate of drug-likeness (QED) is 0.620. The van der Waals surface area contributed by atoms with Gasteiger partial charge in [-0.3, -0.25) is 0 Å². The Morgan fingerprint density at radius 3 is 3.30 bits per heavy atom. The molecule has 0 aliphatic heterocycles. The Morgan fingerprint density at radius 2 is 2.35 bits per heavy atom. The van der Waals surface area contributed by atoms with Crippen molar-refractivity contribution in [2.24, 2.45) is 0 Å². The predicted molar refractivity (Wildman–Crippen MR) is 71.4 cm³/mol. The average Bonchev–Trinajstić information content (AvgIpc) is 2.68. The fraction of sp³-hybridized carbons (Fsp3) is 0.0714. The lowest BCUT2D eigenvalue weighted by Gasteiger charge is -2.02. The minimum Gasteiger partial charge on any atom is -0.315 e. The highest BCUT2D eigenvalue weighted by Gasteiger charge is 2.11. The van der Waals surface area contributed by atoms with Crippen LogP contribution in [0.1, 0.15) is 6.42 Å². The monoisotopic (exact) mass is 266 g/mol. The first-order chi connectivity index (χ1) is 9.83. The SMILES string of the molecule is O=C(CC1=CC=CC=C=C1)On1nnc2cccnc21. The summed E-state index contributed by atoms with van der Waals surface area (Å²) in [6.45, 7) is 0. The summed E-state index contributed by atoms with van der Waals surface area (Å²) in [6.07, 6.45) is 10.7. The van der Waals surface area contributed by atoms with Gasteiger partial charge in [-0.2, -0.15) is 0 Å². The molecule has 20 heavy (non-hydrogen) atoms. The van der Waals surface area contributed by atoms with E-state index in [1.165, 1.54) is 0 Å².